The number of nitrogens with one attached hydrogen (secondary N) is 1. The largest absolute Gasteiger partial charge is 0.395 e. The molecular weight excluding hydrogens is 308 g/mol. The first kappa shape index (κ1) is 16.0. The molecule has 2 amide bonds. The summed E-state index contributed by atoms with van der Waals surface area (Å²) in [4.78, 5) is 14.4. The van der Waals surface area contributed by atoms with Gasteiger partial charge < -0.3 is 15.3 Å². The highest BCUT2D eigenvalue weighted by Gasteiger charge is 2.28. The summed E-state index contributed by atoms with van der Waals surface area (Å²) in [6.07, 6.45) is 3.08. The Kier molecular flexibility index (Phi) is 5.31. The third-order valence-electron chi connectivity index (χ3n) is 4.34. The molecule has 23 heavy (non-hydrogen) atoms. The smallest absolute Gasteiger partial charge is 0.318 e. The highest BCUT2D eigenvalue weighted by Crippen LogP contribution is 2.34. The Bertz CT molecular complexity index is 642. The van der Waals surface area contributed by atoms with E-state index in [2.05, 4.69) is 17.4 Å². The van der Waals surface area contributed by atoms with Crippen LogP contribution in [0, 0.1) is 0 Å². The summed E-state index contributed by atoms with van der Waals surface area (Å²) < 4.78 is 0. The highest BCUT2D eigenvalue weighted by atomic mass is 32.1. The number of benzene rings is 1. The van der Waals surface area contributed by atoms with Gasteiger partial charge in [-0.3, -0.25) is 0 Å². The van der Waals surface area contributed by atoms with E-state index in [9.17, 15) is 9.90 Å². The molecule has 1 unspecified atom stereocenters. The molecule has 0 saturated carbocycles. The predicted octanol–water partition coefficient (Wildman–Crippen LogP) is 3.33. The molecule has 2 N–H and O–H groups in total. The number of nitrogens with zero attached hydrogens (tertiary/aromatic N) is 1. The average molecular weight is 330 g/mol. The summed E-state index contributed by atoms with van der Waals surface area (Å²) in [6, 6.07) is 10.3. The van der Waals surface area contributed by atoms with Crippen LogP contribution in [0.4, 0.5) is 4.79 Å². The van der Waals surface area contributed by atoms with Crippen LogP contribution >= 0.6 is 11.3 Å². The molecule has 1 aromatic heterocycles. The summed E-state index contributed by atoms with van der Waals surface area (Å²) >= 11 is 1.62. The van der Waals surface area contributed by atoms with E-state index in [0.29, 0.717) is 13.1 Å². The van der Waals surface area contributed by atoms with Crippen molar-refractivity contribution in [3.8, 4) is 0 Å². The van der Waals surface area contributed by atoms with Crippen molar-refractivity contribution in [3.05, 3.63) is 57.8 Å². The molecular formula is C18H22N2O2S. The Morgan fingerprint density at radius 1 is 1.35 bits per heavy atom. The summed E-state index contributed by atoms with van der Waals surface area (Å²) in [5.41, 5.74) is 3.64. The van der Waals surface area contributed by atoms with Gasteiger partial charge in [-0.15, -0.1) is 0 Å². The van der Waals surface area contributed by atoms with Crippen LogP contribution in [0.3, 0.4) is 0 Å². The maximum atomic E-state index is 12.6. The Hall–Kier alpha value is -1.85. The van der Waals surface area contributed by atoms with E-state index in [4.69, 9.17) is 0 Å². The second-order valence-electron chi connectivity index (χ2n) is 5.81. The fraction of sp³-hybridized carbons (Fsp3) is 0.389. The molecule has 1 aliphatic carbocycles. The van der Waals surface area contributed by atoms with Crippen LogP contribution in [0.15, 0.2) is 41.1 Å². The third-order valence-corrected chi connectivity index (χ3v) is 5.07. The van der Waals surface area contributed by atoms with Gasteiger partial charge in [-0.05, 0) is 52.8 Å². The number of amides is 2. The zero-order valence-corrected chi connectivity index (χ0v) is 13.9. The van der Waals surface area contributed by atoms with Crippen LogP contribution in [0.1, 0.15) is 35.6 Å². The van der Waals surface area contributed by atoms with Crippen molar-refractivity contribution >= 4 is 17.4 Å². The van der Waals surface area contributed by atoms with Crippen LogP contribution in [0.25, 0.3) is 0 Å². The molecule has 1 heterocycles. The molecule has 1 atom stereocenters. The van der Waals surface area contributed by atoms with Gasteiger partial charge in [0, 0.05) is 13.1 Å². The first-order valence-corrected chi connectivity index (χ1v) is 8.98. The summed E-state index contributed by atoms with van der Waals surface area (Å²) in [5.74, 6) is 0. The number of hydrogen-bond donors (Lipinski definition) is 2. The topological polar surface area (TPSA) is 52.6 Å². The molecule has 1 aromatic carbocycles. The van der Waals surface area contributed by atoms with E-state index >= 15 is 0 Å². The van der Waals surface area contributed by atoms with E-state index in [1.807, 2.05) is 29.0 Å². The lowest BCUT2D eigenvalue weighted by Crippen LogP contribution is -2.44. The van der Waals surface area contributed by atoms with Gasteiger partial charge in [0.15, 0.2) is 0 Å². The zero-order valence-electron chi connectivity index (χ0n) is 13.1. The summed E-state index contributed by atoms with van der Waals surface area (Å²) in [7, 11) is 0. The van der Waals surface area contributed by atoms with Gasteiger partial charge in [-0.2, -0.15) is 11.3 Å². The van der Waals surface area contributed by atoms with Gasteiger partial charge in [0.1, 0.15) is 0 Å². The lowest BCUT2D eigenvalue weighted by atomic mass is 9.87. The van der Waals surface area contributed by atoms with Gasteiger partial charge in [0.2, 0.25) is 0 Å². The molecule has 1 aliphatic rings. The fourth-order valence-electron chi connectivity index (χ4n) is 3.23. The minimum absolute atomic E-state index is 0.0233. The minimum atomic E-state index is -0.105. The van der Waals surface area contributed by atoms with E-state index in [1.165, 1.54) is 11.1 Å². The van der Waals surface area contributed by atoms with E-state index in [0.717, 1.165) is 24.8 Å². The Labute approximate surface area is 140 Å². The lowest BCUT2D eigenvalue weighted by Gasteiger charge is -2.35. The number of fused-ring (bicyclic) bond motifs is 1. The van der Waals surface area contributed by atoms with Gasteiger partial charge in [0.25, 0.3) is 0 Å². The Morgan fingerprint density at radius 2 is 2.22 bits per heavy atom. The van der Waals surface area contributed by atoms with Gasteiger partial charge in [-0.25, -0.2) is 4.79 Å². The normalized spacial score (nSPS) is 16.7. The number of rotatable bonds is 5. The SMILES string of the molecule is O=C(NCc1ccsc1)N(CCO)C1CCCc2ccccc21. The quantitative estimate of drug-likeness (QED) is 0.883. The van der Waals surface area contributed by atoms with Crippen LogP contribution in [0.5, 0.6) is 0 Å². The standard InChI is InChI=1S/C18H22N2O2S/c21-10-9-20(18(22)19-12-14-8-11-23-13-14)17-7-3-5-15-4-1-2-6-16(15)17/h1-2,4,6,8,11,13,17,21H,3,5,7,9-10,12H2,(H,19,22). The molecule has 3 rings (SSSR count). The number of carbonyl (C=O) groups excluding carboxylic acids is 1. The van der Waals surface area contributed by atoms with Crippen LogP contribution in [-0.2, 0) is 13.0 Å². The number of aliphatic hydroxyl groups excluding tert-OH is 1. The molecule has 0 fully saturated rings. The predicted molar refractivity (Wildman–Crippen MR) is 92.5 cm³/mol. The Balaban J connectivity index is 1.74. The Morgan fingerprint density at radius 3 is 3.00 bits per heavy atom. The number of aliphatic hydroxyl groups is 1. The monoisotopic (exact) mass is 330 g/mol. The van der Waals surface area contributed by atoms with Gasteiger partial charge >= 0.3 is 6.03 Å². The summed E-state index contributed by atoms with van der Waals surface area (Å²) in [6.45, 7) is 0.859. The third kappa shape index (κ3) is 3.74. The maximum absolute atomic E-state index is 12.6. The second kappa shape index (κ2) is 7.62. The van der Waals surface area contributed by atoms with Gasteiger partial charge in [0.05, 0.1) is 12.6 Å². The van der Waals surface area contributed by atoms with Crippen molar-refractivity contribution in [1.29, 1.82) is 0 Å². The van der Waals surface area contributed by atoms with Crippen molar-refractivity contribution < 1.29 is 9.90 Å². The van der Waals surface area contributed by atoms with Crippen molar-refractivity contribution in [3.63, 3.8) is 0 Å². The molecule has 0 spiro atoms. The van der Waals surface area contributed by atoms with Crippen molar-refractivity contribution in [2.45, 2.75) is 31.8 Å². The lowest BCUT2D eigenvalue weighted by molar-refractivity contribution is 0.144. The van der Waals surface area contributed by atoms with Gasteiger partial charge in [-0.1, -0.05) is 24.3 Å². The molecule has 4 nitrogen and oxygen atoms in total. The molecule has 122 valence electrons. The van der Waals surface area contributed by atoms with E-state index in [1.54, 1.807) is 16.2 Å². The molecule has 0 radical (unpaired) electrons. The number of aryl methyl sites for hydroxylation is 1. The first-order chi connectivity index (χ1) is 11.3. The van der Waals surface area contributed by atoms with Crippen LogP contribution in [-0.4, -0.2) is 29.2 Å². The zero-order chi connectivity index (χ0) is 16.1. The molecule has 2 aromatic rings. The van der Waals surface area contributed by atoms with Crippen molar-refractivity contribution in [2.24, 2.45) is 0 Å². The fourth-order valence-corrected chi connectivity index (χ4v) is 3.90. The van der Waals surface area contributed by atoms with Crippen LogP contribution < -0.4 is 5.32 Å². The number of urea groups is 1. The number of hydrogen-bond acceptors (Lipinski definition) is 3. The minimum Gasteiger partial charge on any atom is -0.395 e. The molecule has 0 aliphatic heterocycles. The first-order valence-electron chi connectivity index (χ1n) is 8.04. The highest BCUT2D eigenvalue weighted by molar-refractivity contribution is 7.07. The molecule has 5 heteroatoms. The maximum Gasteiger partial charge on any atom is 0.318 e. The van der Waals surface area contributed by atoms with Crippen molar-refractivity contribution in [2.75, 3.05) is 13.2 Å². The second-order valence-corrected chi connectivity index (χ2v) is 6.59. The summed E-state index contributed by atoms with van der Waals surface area (Å²) in [5, 5.41) is 16.4. The molecule has 0 bridgehead atoms. The van der Waals surface area contributed by atoms with Crippen LogP contribution in [0.2, 0.25) is 0 Å². The average Bonchev–Trinajstić information content (AvgIpc) is 3.11. The number of carbonyl (C=O) groups is 1. The van der Waals surface area contributed by atoms with Crippen molar-refractivity contribution in [1.82, 2.24) is 10.2 Å². The van der Waals surface area contributed by atoms with E-state index < -0.39 is 0 Å². The number of thiophene rings is 1. The molecule has 0 saturated heterocycles. The van der Waals surface area contributed by atoms with E-state index in [-0.39, 0.29) is 18.7 Å².